The van der Waals surface area contributed by atoms with E-state index in [1.54, 1.807) is 18.2 Å². The van der Waals surface area contributed by atoms with Gasteiger partial charge in [-0.3, -0.25) is 0 Å². The minimum absolute atomic E-state index is 0.0106. The van der Waals surface area contributed by atoms with Crippen LogP contribution >= 0.6 is 23.2 Å². The van der Waals surface area contributed by atoms with Crippen LogP contribution in [0.15, 0.2) is 36.4 Å². The molecule has 0 aliphatic carbocycles. The van der Waals surface area contributed by atoms with E-state index >= 15 is 0 Å². The molecule has 5 heteroatoms. The summed E-state index contributed by atoms with van der Waals surface area (Å²) in [7, 11) is 0. The molecule has 0 heterocycles. The number of hydrogen-bond donors (Lipinski definition) is 1. The van der Waals surface area contributed by atoms with E-state index in [2.05, 4.69) is 5.32 Å². The highest BCUT2D eigenvalue weighted by Crippen LogP contribution is 2.25. The van der Waals surface area contributed by atoms with Crippen LogP contribution in [0.4, 0.5) is 14.5 Å². The average Bonchev–Trinajstić information content (AvgIpc) is 2.33. The molecular weight excluding hydrogens is 279 g/mol. The van der Waals surface area contributed by atoms with Gasteiger partial charge in [0.2, 0.25) is 0 Å². The van der Waals surface area contributed by atoms with E-state index in [1.165, 1.54) is 18.2 Å². The van der Waals surface area contributed by atoms with Crippen LogP contribution < -0.4 is 5.32 Å². The molecular formula is C13H9Cl2F2N. The summed E-state index contributed by atoms with van der Waals surface area (Å²) in [4.78, 5) is 0. The van der Waals surface area contributed by atoms with Crippen LogP contribution in [0.2, 0.25) is 10.0 Å². The second kappa shape index (κ2) is 5.55. The fourth-order valence-corrected chi connectivity index (χ4v) is 1.80. The van der Waals surface area contributed by atoms with Gasteiger partial charge in [0.15, 0.2) is 0 Å². The van der Waals surface area contributed by atoms with Crippen LogP contribution in [0.5, 0.6) is 0 Å². The van der Waals surface area contributed by atoms with Crippen LogP contribution in [0.3, 0.4) is 0 Å². The first-order valence-corrected chi connectivity index (χ1v) is 5.95. The SMILES string of the molecule is Fc1cccc(F)c1CNc1ccc(Cl)c(Cl)c1. The summed E-state index contributed by atoms with van der Waals surface area (Å²) < 4.78 is 26.7. The highest BCUT2D eigenvalue weighted by atomic mass is 35.5. The van der Waals surface area contributed by atoms with E-state index in [-0.39, 0.29) is 12.1 Å². The minimum atomic E-state index is -0.581. The summed E-state index contributed by atoms with van der Waals surface area (Å²) in [5, 5.41) is 3.70. The molecule has 0 atom stereocenters. The maximum absolute atomic E-state index is 13.4. The average molecular weight is 288 g/mol. The van der Waals surface area contributed by atoms with Gasteiger partial charge in [0.25, 0.3) is 0 Å². The normalized spacial score (nSPS) is 10.4. The van der Waals surface area contributed by atoms with Crippen molar-refractivity contribution in [3.63, 3.8) is 0 Å². The van der Waals surface area contributed by atoms with Gasteiger partial charge in [-0.25, -0.2) is 8.78 Å². The molecule has 0 aliphatic heterocycles. The van der Waals surface area contributed by atoms with Crippen molar-refractivity contribution in [2.75, 3.05) is 5.32 Å². The summed E-state index contributed by atoms with van der Waals surface area (Å²) in [6.45, 7) is 0.0382. The lowest BCUT2D eigenvalue weighted by molar-refractivity contribution is 0.560. The van der Waals surface area contributed by atoms with E-state index in [4.69, 9.17) is 23.2 Å². The van der Waals surface area contributed by atoms with Crippen LogP contribution in [0.25, 0.3) is 0 Å². The zero-order valence-corrected chi connectivity index (χ0v) is 10.7. The third-order valence-electron chi connectivity index (χ3n) is 2.45. The van der Waals surface area contributed by atoms with Gasteiger partial charge in [0, 0.05) is 17.8 Å². The molecule has 2 aromatic rings. The first kappa shape index (κ1) is 13.1. The molecule has 0 aliphatic rings. The molecule has 0 fully saturated rings. The molecule has 18 heavy (non-hydrogen) atoms. The zero-order chi connectivity index (χ0) is 13.1. The Morgan fingerprint density at radius 3 is 2.22 bits per heavy atom. The smallest absolute Gasteiger partial charge is 0.131 e. The molecule has 0 unspecified atom stereocenters. The predicted molar refractivity (Wildman–Crippen MR) is 70.1 cm³/mol. The maximum atomic E-state index is 13.4. The Morgan fingerprint density at radius 1 is 0.944 bits per heavy atom. The molecule has 2 rings (SSSR count). The summed E-state index contributed by atoms with van der Waals surface area (Å²) in [6, 6.07) is 8.66. The Hall–Kier alpha value is -1.32. The van der Waals surface area contributed by atoms with Gasteiger partial charge >= 0.3 is 0 Å². The van der Waals surface area contributed by atoms with E-state index < -0.39 is 11.6 Å². The van der Waals surface area contributed by atoms with Gasteiger partial charge in [-0.1, -0.05) is 29.3 Å². The Balaban J connectivity index is 2.14. The lowest BCUT2D eigenvalue weighted by Gasteiger charge is -2.09. The first-order chi connectivity index (χ1) is 8.58. The second-order valence-electron chi connectivity index (χ2n) is 3.68. The summed E-state index contributed by atoms with van der Waals surface area (Å²) in [5.41, 5.74) is 0.635. The Morgan fingerprint density at radius 2 is 1.61 bits per heavy atom. The molecule has 1 N–H and O–H groups in total. The number of halogens is 4. The molecule has 0 radical (unpaired) electrons. The van der Waals surface area contributed by atoms with Gasteiger partial charge in [-0.05, 0) is 30.3 Å². The first-order valence-electron chi connectivity index (χ1n) is 5.20. The van der Waals surface area contributed by atoms with Gasteiger partial charge in [-0.2, -0.15) is 0 Å². The molecule has 0 spiro atoms. The lowest BCUT2D eigenvalue weighted by atomic mass is 10.2. The number of hydrogen-bond acceptors (Lipinski definition) is 1. The number of nitrogens with one attached hydrogen (secondary N) is 1. The van der Waals surface area contributed by atoms with E-state index in [1.807, 2.05) is 0 Å². The number of benzene rings is 2. The van der Waals surface area contributed by atoms with Crippen molar-refractivity contribution >= 4 is 28.9 Å². The van der Waals surface area contributed by atoms with Crippen LogP contribution in [0.1, 0.15) is 5.56 Å². The molecule has 2 aromatic carbocycles. The monoisotopic (exact) mass is 287 g/mol. The van der Waals surface area contributed by atoms with Crippen molar-refractivity contribution in [2.24, 2.45) is 0 Å². The Kier molecular flexibility index (Phi) is 4.04. The highest BCUT2D eigenvalue weighted by Gasteiger charge is 2.08. The van der Waals surface area contributed by atoms with Crippen molar-refractivity contribution in [1.29, 1.82) is 0 Å². The van der Waals surface area contributed by atoms with Crippen molar-refractivity contribution in [3.8, 4) is 0 Å². The molecule has 94 valence electrons. The molecule has 0 saturated carbocycles. The maximum Gasteiger partial charge on any atom is 0.131 e. The van der Waals surface area contributed by atoms with Crippen LogP contribution in [0, 0.1) is 11.6 Å². The van der Waals surface area contributed by atoms with Crippen molar-refractivity contribution in [1.82, 2.24) is 0 Å². The quantitative estimate of drug-likeness (QED) is 0.848. The third-order valence-corrected chi connectivity index (χ3v) is 3.19. The van der Waals surface area contributed by atoms with Crippen LogP contribution in [-0.2, 0) is 6.54 Å². The van der Waals surface area contributed by atoms with Crippen molar-refractivity contribution in [2.45, 2.75) is 6.54 Å². The van der Waals surface area contributed by atoms with E-state index in [0.29, 0.717) is 15.7 Å². The molecule has 0 amide bonds. The highest BCUT2D eigenvalue weighted by molar-refractivity contribution is 6.42. The van der Waals surface area contributed by atoms with Gasteiger partial charge < -0.3 is 5.32 Å². The summed E-state index contributed by atoms with van der Waals surface area (Å²) in [6.07, 6.45) is 0. The lowest BCUT2D eigenvalue weighted by Crippen LogP contribution is -2.04. The topological polar surface area (TPSA) is 12.0 Å². The van der Waals surface area contributed by atoms with Gasteiger partial charge in [0.1, 0.15) is 11.6 Å². The molecule has 0 aromatic heterocycles. The summed E-state index contributed by atoms with van der Waals surface area (Å²) >= 11 is 11.6. The Bertz CT molecular complexity index is 553. The van der Waals surface area contributed by atoms with E-state index in [0.717, 1.165) is 0 Å². The van der Waals surface area contributed by atoms with E-state index in [9.17, 15) is 8.78 Å². The number of anilines is 1. The van der Waals surface area contributed by atoms with Crippen LogP contribution in [-0.4, -0.2) is 0 Å². The Labute approximate surface area is 113 Å². The zero-order valence-electron chi connectivity index (χ0n) is 9.18. The van der Waals surface area contributed by atoms with Gasteiger partial charge in [-0.15, -0.1) is 0 Å². The van der Waals surface area contributed by atoms with Crippen molar-refractivity contribution in [3.05, 3.63) is 63.6 Å². The fraction of sp³-hybridized carbons (Fsp3) is 0.0769. The van der Waals surface area contributed by atoms with Gasteiger partial charge in [0.05, 0.1) is 10.0 Å². The number of rotatable bonds is 3. The minimum Gasteiger partial charge on any atom is -0.381 e. The molecule has 1 nitrogen and oxygen atoms in total. The molecule has 0 saturated heterocycles. The standard InChI is InChI=1S/C13H9Cl2F2N/c14-10-5-4-8(6-11(10)15)18-7-9-12(16)2-1-3-13(9)17/h1-6,18H,7H2. The molecule has 0 bridgehead atoms. The predicted octanol–water partition coefficient (Wildman–Crippen LogP) is 4.88. The van der Waals surface area contributed by atoms with Crippen molar-refractivity contribution < 1.29 is 8.78 Å². The third kappa shape index (κ3) is 2.92. The fourth-order valence-electron chi connectivity index (χ4n) is 1.50. The largest absolute Gasteiger partial charge is 0.381 e. The second-order valence-corrected chi connectivity index (χ2v) is 4.50. The summed E-state index contributed by atoms with van der Waals surface area (Å²) in [5.74, 6) is -1.16.